The summed E-state index contributed by atoms with van der Waals surface area (Å²) in [6.45, 7) is 1.70. The second-order valence-corrected chi connectivity index (χ2v) is 3.84. The zero-order chi connectivity index (χ0) is 13.1. The zero-order valence-electron chi connectivity index (χ0n) is 9.78. The summed E-state index contributed by atoms with van der Waals surface area (Å²) >= 11 is 0. The number of aromatic nitrogens is 1. The van der Waals surface area contributed by atoms with Gasteiger partial charge in [0.05, 0.1) is 0 Å². The molecule has 1 aromatic heterocycles. The maximum Gasteiger partial charge on any atom is 0.166 e. The number of halogens is 2. The van der Waals surface area contributed by atoms with Gasteiger partial charge in [0.1, 0.15) is 6.61 Å². The minimum absolute atomic E-state index is 0.0987. The number of nitrogen functional groups attached to an aromatic ring is 1. The molecule has 0 bridgehead atoms. The van der Waals surface area contributed by atoms with Crippen molar-refractivity contribution in [1.29, 1.82) is 0 Å². The highest BCUT2D eigenvalue weighted by atomic mass is 19.2. The van der Waals surface area contributed by atoms with Gasteiger partial charge in [-0.15, -0.1) is 0 Å². The normalized spacial score (nSPS) is 10.4. The summed E-state index contributed by atoms with van der Waals surface area (Å²) in [7, 11) is 0. The van der Waals surface area contributed by atoms with E-state index in [1.165, 1.54) is 12.1 Å². The van der Waals surface area contributed by atoms with Crippen LogP contribution in [0.4, 0.5) is 14.6 Å². The van der Waals surface area contributed by atoms with Crippen molar-refractivity contribution in [3.8, 4) is 5.75 Å². The molecular weight excluding hydrogens is 238 g/mol. The van der Waals surface area contributed by atoms with E-state index in [1.807, 2.05) is 0 Å². The van der Waals surface area contributed by atoms with Gasteiger partial charge in [-0.2, -0.15) is 0 Å². The molecule has 0 unspecified atom stereocenters. The molecule has 0 aliphatic carbocycles. The lowest BCUT2D eigenvalue weighted by molar-refractivity contribution is 0.298. The van der Waals surface area contributed by atoms with Gasteiger partial charge in [-0.05, 0) is 25.1 Å². The van der Waals surface area contributed by atoms with E-state index < -0.39 is 11.6 Å². The first-order valence-corrected chi connectivity index (χ1v) is 5.36. The molecule has 0 radical (unpaired) electrons. The Kier molecular flexibility index (Phi) is 3.41. The van der Waals surface area contributed by atoms with Crippen molar-refractivity contribution in [2.75, 3.05) is 5.73 Å². The van der Waals surface area contributed by atoms with Crippen molar-refractivity contribution in [2.24, 2.45) is 0 Å². The van der Waals surface area contributed by atoms with Crippen LogP contribution in [-0.2, 0) is 6.61 Å². The Bertz CT molecular complexity index is 573. The van der Waals surface area contributed by atoms with E-state index in [4.69, 9.17) is 10.5 Å². The van der Waals surface area contributed by atoms with Gasteiger partial charge in [-0.1, -0.05) is 12.1 Å². The lowest BCUT2D eigenvalue weighted by Crippen LogP contribution is -2.03. The lowest BCUT2D eigenvalue weighted by atomic mass is 10.2. The van der Waals surface area contributed by atoms with E-state index in [2.05, 4.69) is 4.98 Å². The number of anilines is 1. The first-order chi connectivity index (χ1) is 8.58. The van der Waals surface area contributed by atoms with Crippen molar-refractivity contribution in [3.63, 3.8) is 0 Å². The van der Waals surface area contributed by atoms with Gasteiger partial charge in [-0.25, -0.2) is 13.8 Å². The summed E-state index contributed by atoms with van der Waals surface area (Å²) in [5.74, 6) is -1.22. The highest BCUT2D eigenvalue weighted by Gasteiger charge is 2.09. The van der Waals surface area contributed by atoms with Gasteiger partial charge >= 0.3 is 0 Å². The molecule has 2 N–H and O–H groups in total. The average Bonchev–Trinajstić information content (AvgIpc) is 2.33. The molecule has 2 rings (SSSR count). The summed E-state index contributed by atoms with van der Waals surface area (Å²) in [6.07, 6.45) is 0. The summed E-state index contributed by atoms with van der Waals surface area (Å²) in [6, 6.07) is 7.31. The number of nitrogens with two attached hydrogens (primary N) is 1. The molecule has 0 fully saturated rings. The Morgan fingerprint density at radius 2 is 2.00 bits per heavy atom. The molecule has 0 atom stereocenters. The Balaban J connectivity index is 2.14. The molecule has 0 saturated heterocycles. The van der Waals surface area contributed by atoms with Gasteiger partial charge in [-0.3, -0.25) is 0 Å². The standard InChI is InChI=1S/C13H12F2N2O/c1-8-5-6-11(13(16)17-8)18-7-9-3-2-4-10(14)12(9)15/h2-6H,7H2,1H3,(H2,16,17). The van der Waals surface area contributed by atoms with E-state index in [1.54, 1.807) is 19.1 Å². The first-order valence-electron chi connectivity index (χ1n) is 5.36. The number of nitrogens with zero attached hydrogens (tertiary/aromatic N) is 1. The van der Waals surface area contributed by atoms with Gasteiger partial charge in [0, 0.05) is 11.3 Å². The number of rotatable bonds is 3. The van der Waals surface area contributed by atoms with Crippen molar-refractivity contribution in [3.05, 3.63) is 53.2 Å². The Hall–Kier alpha value is -2.17. The number of hydrogen-bond acceptors (Lipinski definition) is 3. The summed E-state index contributed by atoms with van der Waals surface area (Å²) in [5, 5.41) is 0. The molecule has 0 aliphatic rings. The van der Waals surface area contributed by atoms with Crippen molar-refractivity contribution < 1.29 is 13.5 Å². The van der Waals surface area contributed by atoms with Gasteiger partial charge in [0.2, 0.25) is 0 Å². The van der Waals surface area contributed by atoms with Gasteiger partial charge < -0.3 is 10.5 Å². The second kappa shape index (κ2) is 5.00. The fourth-order valence-electron chi connectivity index (χ4n) is 1.50. The van der Waals surface area contributed by atoms with Crippen molar-refractivity contribution >= 4 is 5.82 Å². The predicted molar refractivity (Wildman–Crippen MR) is 64.1 cm³/mol. The summed E-state index contributed by atoms with van der Waals surface area (Å²) in [4.78, 5) is 4.01. The molecule has 0 aliphatic heterocycles. The van der Waals surface area contributed by atoms with Gasteiger partial charge in [0.15, 0.2) is 23.2 Å². The van der Waals surface area contributed by atoms with Crippen LogP contribution >= 0.6 is 0 Å². The quantitative estimate of drug-likeness (QED) is 0.911. The maximum atomic E-state index is 13.4. The van der Waals surface area contributed by atoms with Crippen molar-refractivity contribution in [2.45, 2.75) is 13.5 Å². The van der Waals surface area contributed by atoms with E-state index >= 15 is 0 Å². The molecule has 5 heteroatoms. The fraction of sp³-hybridized carbons (Fsp3) is 0.154. The van der Waals surface area contributed by atoms with Crippen LogP contribution in [0.3, 0.4) is 0 Å². The van der Waals surface area contributed by atoms with E-state index in [0.717, 1.165) is 11.8 Å². The number of hydrogen-bond donors (Lipinski definition) is 1. The molecule has 18 heavy (non-hydrogen) atoms. The molecule has 94 valence electrons. The molecular formula is C13H12F2N2O. The highest BCUT2D eigenvalue weighted by molar-refractivity contribution is 5.46. The summed E-state index contributed by atoms with van der Waals surface area (Å²) < 4.78 is 31.7. The molecule has 3 nitrogen and oxygen atoms in total. The van der Waals surface area contributed by atoms with Crippen LogP contribution in [0.15, 0.2) is 30.3 Å². The monoisotopic (exact) mass is 250 g/mol. The third-order valence-electron chi connectivity index (χ3n) is 2.44. The van der Waals surface area contributed by atoms with Crippen LogP contribution in [0.5, 0.6) is 5.75 Å². The Labute approximate surface area is 103 Å². The maximum absolute atomic E-state index is 13.4. The molecule has 1 heterocycles. The fourth-order valence-corrected chi connectivity index (χ4v) is 1.50. The predicted octanol–water partition coefficient (Wildman–Crippen LogP) is 2.83. The second-order valence-electron chi connectivity index (χ2n) is 3.84. The number of pyridine rings is 1. The van der Waals surface area contributed by atoms with Gasteiger partial charge in [0.25, 0.3) is 0 Å². The largest absolute Gasteiger partial charge is 0.485 e. The van der Waals surface area contributed by atoms with E-state index in [0.29, 0.717) is 5.75 Å². The minimum atomic E-state index is -0.906. The zero-order valence-corrected chi connectivity index (χ0v) is 9.78. The topological polar surface area (TPSA) is 48.1 Å². The minimum Gasteiger partial charge on any atom is -0.485 e. The van der Waals surface area contributed by atoms with Crippen LogP contribution in [0.25, 0.3) is 0 Å². The number of benzene rings is 1. The van der Waals surface area contributed by atoms with Crippen LogP contribution in [-0.4, -0.2) is 4.98 Å². The SMILES string of the molecule is Cc1ccc(OCc2cccc(F)c2F)c(N)n1. The lowest BCUT2D eigenvalue weighted by Gasteiger charge is -2.09. The molecule has 0 saturated carbocycles. The third kappa shape index (κ3) is 2.56. The van der Waals surface area contributed by atoms with Crippen LogP contribution < -0.4 is 10.5 Å². The average molecular weight is 250 g/mol. The third-order valence-corrected chi connectivity index (χ3v) is 2.44. The van der Waals surface area contributed by atoms with E-state index in [-0.39, 0.29) is 18.0 Å². The number of aryl methyl sites for hydroxylation is 1. The first kappa shape index (κ1) is 12.3. The number of ether oxygens (including phenoxy) is 1. The highest BCUT2D eigenvalue weighted by Crippen LogP contribution is 2.21. The smallest absolute Gasteiger partial charge is 0.166 e. The molecule has 0 spiro atoms. The van der Waals surface area contributed by atoms with Crippen molar-refractivity contribution in [1.82, 2.24) is 4.98 Å². The Morgan fingerprint density at radius 3 is 2.72 bits per heavy atom. The molecule has 2 aromatic rings. The van der Waals surface area contributed by atoms with Crippen LogP contribution in [0, 0.1) is 18.6 Å². The van der Waals surface area contributed by atoms with Crippen LogP contribution in [0.2, 0.25) is 0 Å². The molecule has 1 aromatic carbocycles. The van der Waals surface area contributed by atoms with Crippen LogP contribution in [0.1, 0.15) is 11.3 Å². The summed E-state index contributed by atoms with van der Waals surface area (Å²) in [5.41, 5.74) is 6.54. The Morgan fingerprint density at radius 1 is 1.22 bits per heavy atom. The molecule has 0 amide bonds. The van der Waals surface area contributed by atoms with E-state index in [9.17, 15) is 8.78 Å².